The molecule has 2 aliphatic rings. The Kier molecular flexibility index (Phi) is 3.23. The average Bonchev–Trinajstić information content (AvgIpc) is 2.56. The number of likely N-dealkylation sites (N-methyl/N-ethyl adjacent to an activating group) is 1. The minimum Gasteiger partial charge on any atom is -0.305 e. The van der Waals surface area contributed by atoms with Gasteiger partial charge < -0.3 is 4.90 Å². The highest BCUT2D eigenvalue weighted by Crippen LogP contribution is 2.24. The van der Waals surface area contributed by atoms with Crippen LogP contribution in [0.2, 0.25) is 0 Å². The van der Waals surface area contributed by atoms with E-state index in [9.17, 15) is 0 Å². The molecule has 2 nitrogen and oxygen atoms in total. The van der Waals surface area contributed by atoms with Gasteiger partial charge >= 0.3 is 0 Å². The van der Waals surface area contributed by atoms with Crippen LogP contribution in [-0.4, -0.2) is 49.1 Å². The van der Waals surface area contributed by atoms with Crippen LogP contribution in [0.3, 0.4) is 0 Å². The summed E-state index contributed by atoms with van der Waals surface area (Å²) in [6, 6.07) is 0.937. The monoisotopic (exact) mass is 182 g/mol. The van der Waals surface area contributed by atoms with Gasteiger partial charge in [-0.25, -0.2) is 0 Å². The van der Waals surface area contributed by atoms with Crippen molar-refractivity contribution in [3.05, 3.63) is 0 Å². The van der Waals surface area contributed by atoms with Crippen molar-refractivity contribution < 1.29 is 0 Å². The quantitative estimate of drug-likeness (QED) is 0.607. The van der Waals surface area contributed by atoms with Crippen LogP contribution in [0.5, 0.6) is 0 Å². The fourth-order valence-corrected chi connectivity index (χ4v) is 2.70. The molecule has 1 aliphatic carbocycles. The molecule has 1 saturated heterocycles. The van der Waals surface area contributed by atoms with E-state index in [2.05, 4.69) is 16.8 Å². The molecule has 2 fully saturated rings. The first-order valence-corrected chi connectivity index (χ1v) is 5.79. The zero-order valence-electron chi connectivity index (χ0n) is 8.84. The molecule has 2 heteroatoms. The van der Waals surface area contributed by atoms with Crippen LogP contribution < -0.4 is 0 Å². The number of hydrogen-bond acceptors (Lipinski definition) is 2. The van der Waals surface area contributed by atoms with Gasteiger partial charge in [-0.05, 0) is 39.4 Å². The highest BCUT2D eigenvalue weighted by Gasteiger charge is 2.23. The van der Waals surface area contributed by atoms with Gasteiger partial charge in [0.15, 0.2) is 0 Å². The number of rotatable bonds is 1. The summed E-state index contributed by atoms with van der Waals surface area (Å²) in [4.78, 5) is 5.20. The molecule has 0 N–H and O–H groups in total. The van der Waals surface area contributed by atoms with Crippen LogP contribution >= 0.6 is 0 Å². The maximum atomic E-state index is 2.73. The Morgan fingerprint density at radius 2 is 1.62 bits per heavy atom. The minimum atomic E-state index is 0.937. The molecule has 76 valence electrons. The number of hydrogen-bond donors (Lipinski definition) is 0. The lowest BCUT2D eigenvalue weighted by molar-refractivity contribution is 0.205. The molecule has 0 aromatic rings. The van der Waals surface area contributed by atoms with Crippen LogP contribution in [0.4, 0.5) is 0 Å². The smallest absolute Gasteiger partial charge is 0.0112 e. The van der Waals surface area contributed by atoms with E-state index in [0.29, 0.717) is 0 Å². The molecule has 0 unspecified atom stereocenters. The van der Waals surface area contributed by atoms with Crippen LogP contribution in [0.25, 0.3) is 0 Å². The fourth-order valence-electron chi connectivity index (χ4n) is 2.70. The Balaban J connectivity index is 1.84. The predicted molar refractivity (Wildman–Crippen MR) is 55.9 cm³/mol. The zero-order chi connectivity index (χ0) is 9.10. The Morgan fingerprint density at radius 3 is 2.38 bits per heavy atom. The van der Waals surface area contributed by atoms with Gasteiger partial charge in [-0.2, -0.15) is 0 Å². The number of nitrogens with zero attached hydrogens (tertiary/aromatic N) is 2. The molecule has 0 aromatic heterocycles. The van der Waals surface area contributed by atoms with Crippen molar-refractivity contribution in [1.29, 1.82) is 0 Å². The molecule has 0 atom stereocenters. The molecule has 1 saturated carbocycles. The molecular formula is C11H22N2. The van der Waals surface area contributed by atoms with E-state index >= 15 is 0 Å². The van der Waals surface area contributed by atoms with E-state index in [0.717, 1.165) is 6.04 Å². The highest BCUT2D eigenvalue weighted by atomic mass is 15.2. The van der Waals surface area contributed by atoms with Gasteiger partial charge in [0, 0.05) is 19.1 Å². The molecule has 0 amide bonds. The second kappa shape index (κ2) is 4.43. The van der Waals surface area contributed by atoms with Crippen molar-refractivity contribution in [2.24, 2.45) is 0 Å². The first-order chi connectivity index (χ1) is 6.36. The summed E-state index contributed by atoms with van der Waals surface area (Å²) in [5.74, 6) is 0. The second-order valence-corrected chi connectivity index (χ2v) is 4.63. The molecular weight excluding hydrogens is 160 g/mol. The van der Waals surface area contributed by atoms with Crippen molar-refractivity contribution in [3.8, 4) is 0 Å². The minimum absolute atomic E-state index is 0.937. The van der Waals surface area contributed by atoms with Gasteiger partial charge in [-0.1, -0.05) is 12.8 Å². The van der Waals surface area contributed by atoms with Gasteiger partial charge in [-0.3, -0.25) is 4.90 Å². The van der Waals surface area contributed by atoms with E-state index in [1.807, 2.05) is 0 Å². The molecule has 0 spiro atoms. The van der Waals surface area contributed by atoms with Gasteiger partial charge in [0.2, 0.25) is 0 Å². The Hall–Kier alpha value is -0.0800. The summed E-state index contributed by atoms with van der Waals surface area (Å²) >= 11 is 0. The Morgan fingerprint density at radius 1 is 0.846 bits per heavy atom. The SMILES string of the molecule is CN1CCCN(C2CCCC2)CC1. The standard InChI is InChI=1S/C11H22N2/c1-12-7-4-8-13(10-9-12)11-5-2-3-6-11/h11H,2-10H2,1H3. The fraction of sp³-hybridized carbons (Fsp3) is 1.00. The summed E-state index contributed by atoms with van der Waals surface area (Å²) in [5.41, 5.74) is 0. The molecule has 13 heavy (non-hydrogen) atoms. The third-order valence-electron chi connectivity index (χ3n) is 3.60. The third kappa shape index (κ3) is 2.44. The summed E-state index contributed by atoms with van der Waals surface area (Å²) in [6.07, 6.45) is 7.23. The highest BCUT2D eigenvalue weighted by molar-refractivity contribution is 4.79. The molecule has 1 heterocycles. The van der Waals surface area contributed by atoms with Crippen LogP contribution in [0.15, 0.2) is 0 Å². The third-order valence-corrected chi connectivity index (χ3v) is 3.60. The lowest BCUT2D eigenvalue weighted by Crippen LogP contribution is -2.36. The molecule has 1 aliphatic heterocycles. The topological polar surface area (TPSA) is 6.48 Å². The lowest BCUT2D eigenvalue weighted by Gasteiger charge is -2.26. The van der Waals surface area contributed by atoms with Gasteiger partial charge in [0.05, 0.1) is 0 Å². The van der Waals surface area contributed by atoms with Crippen molar-refractivity contribution in [2.45, 2.75) is 38.1 Å². The van der Waals surface area contributed by atoms with Crippen LogP contribution in [0, 0.1) is 0 Å². The van der Waals surface area contributed by atoms with E-state index in [4.69, 9.17) is 0 Å². The molecule has 2 rings (SSSR count). The first-order valence-electron chi connectivity index (χ1n) is 5.79. The van der Waals surface area contributed by atoms with Gasteiger partial charge in [0.25, 0.3) is 0 Å². The molecule has 0 radical (unpaired) electrons. The van der Waals surface area contributed by atoms with Crippen molar-refractivity contribution in [2.75, 3.05) is 33.2 Å². The lowest BCUT2D eigenvalue weighted by atomic mass is 10.2. The molecule has 0 aromatic carbocycles. The van der Waals surface area contributed by atoms with Crippen molar-refractivity contribution in [1.82, 2.24) is 9.80 Å². The van der Waals surface area contributed by atoms with Crippen molar-refractivity contribution in [3.63, 3.8) is 0 Å². The van der Waals surface area contributed by atoms with E-state index < -0.39 is 0 Å². The Bertz CT molecular complexity index is 152. The predicted octanol–water partition coefficient (Wildman–Crippen LogP) is 1.57. The summed E-state index contributed by atoms with van der Waals surface area (Å²) in [7, 11) is 2.25. The van der Waals surface area contributed by atoms with E-state index in [1.54, 1.807) is 0 Å². The van der Waals surface area contributed by atoms with Crippen molar-refractivity contribution >= 4 is 0 Å². The average molecular weight is 182 g/mol. The van der Waals surface area contributed by atoms with E-state index in [-0.39, 0.29) is 0 Å². The summed E-state index contributed by atoms with van der Waals surface area (Å²) < 4.78 is 0. The second-order valence-electron chi connectivity index (χ2n) is 4.63. The van der Waals surface area contributed by atoms with Gasteiger partial charge in [0.1, 0.15) is 0 Å². The summed E-state index contributed by atoms with van der Waals surface area (Å²) in [6.45, 7) is 5.22. The largest absolute Gasteiger partial charge is 0.305 e. The van der Waals surface area contributed by atoms with Gasteiger partial charge in [-0.15, -0.1) is 0 Å². The maximum Gasteiger partial charge on any atom is 0.0112 e. The summed E-state index contributed by atoms with van der Waals surface area (Å²) in [5, 5.41) is 0. The Labute approximate surface area is 81.9 Å². The maximum absolute atomic E-state index is 2.73. The first kappa shape index (κ1) is 9.47. The van der Waals surface area contributed by atoms with Crippen LogP contribution in [-0.2, 0) is 0 Å². The molecule has 0 bridgehead atoms. The van der Waals surface area contributed by atoms with E-state index in [1.165, 1.54) is 58.3 Å². The van der Waals surface area contributed by atoms with Crippen LogP contribution in [0.1, 0.15) is 32.1 Å². The zero-order valence-corrected chi connectivity index (χ0v) is 8.84. The normalized spacial score (nSPS) is 29.3.